The smallest absolute Gasteiger partial charge is 0.276 e. The van der Waals surface area contributed by atoms with Gasteiger partial charge in [-0.1, -0.05) is 28.9 Å². The summed E-state index contributed by atoms with van der Waals surface area (Å²) < 4.78 is 6.82. The van der Waals surface area contributed by atoms with Crippen LogP contribution >= 0.6 is 11.6 Å². The van der Waals surface area contributed by atoms with Crippen LogP contribution in [0.1, 0.15) is 22.5 Å². The van der Waals surface area contributed by atoms with Gasteiger partial charge in [0.1, 0.15) is 0 Å². The fourth-order valence-corrected chi connectivity index (χ4v) is 2.93. The summed E-state index contributed by atoms with van der Waals surface area (Å²) in [4.78, 5) is 14.3. The normalized spacial score (nSPS) is 17.7. The second-order valence-electron chi connectivity index (χ2n) is 5.79. The van der Waals surface area contributed by atoms with Crippen molar-refractivity contribution in [2.75, 3.05) is 26.8 Å². The van der Waals surface area contributed by atoms with E-state index in [-0.39, 0.29) is 5.91 Å². The van der Waals surface area contributed by atoms with Crippen LogP contribution in [0.25, 0.3) is 0 Å². The number of hydrogen-bond acceptors (Lipinski definition) is 4. The third-order valence-electron chi connectivity index (χ3n) is 3.99. The van der Waals surface area contributed by atoms with Crippen molar-refractivity contribution in [3.8, 4) is 0 Å². The van der Waals surface area contributed by atoms with Crippen LogP contribution in [0.4, 0.5) is 0 Å². The Balaban J connectivity index is 1.62. The third kappa shape index (κ3) is 3.89. The second-order valence-corrected chi connectivity index (χ2v) is 6.23. The molecule has 0 aliphatic carbocycles. The summed E-state index contributed by atoms with van der Waals surface area (Å²) in [5.74, 6) is 0.346. The predicted molar refractivity (Wildman–Crippen MR) is 86.5 cm³/mol. The highest BCUT2D eigenvalue weighted by atomic mass is 35.5. The van der Waals surface area contributed by atoms with Crippen LogP contribution in [0.2, 0.25) is 5.02 Å². The Morgan fingerprint density at radius 2 is 2.17 bits per heavy atom. The van der Waals surface area contributed by atoms with Crippen LogP contribution in [0, 0.1) is 5.92 Å². The van der Waals surface area contributed by atoms with Crippen LogP contribution in [0.5, 0.6) is 0 Å². The first-order valence-electron chi connectivity index (χ1n) is 7.58. The molecule has 0 bridgehead atoms. The Labute approximate surface area is 140 Å². The van der Waals surface area contributed by atoms with Crippen molar-refractivity contribution in [1.29, 1.82) is 0 Å². The van der Waals surface area contributed by atoms with Gasteiger partial charge in [-0.2, -0.15) is 0 Å². The number of methoxy groups -OCH3 is 1. The highest BCUT2D eigenvalue weighted by Crippen LogP contribution is 2.18. The predicted octanol–water partition coefficient (Wildman–Crippen LogP) is 2.09. The first kappa shape index (κ1) is 16.0. The van der Waals surface area contributed by atoms with E-state index >= 15 is 0 Å². The molecule has 0 radical (unpaired) electrons. The Morgan fingerprint density at radius 1 is 1.39 bits per heavy atom. The van der Waals surface area contributed by atoms with Gasteiger partial charge in [0.15, 0.2) is 5.69 Å². The van der Waals surface area contributed by atoms with E-state index in [0.717, 1.165) is 25.1 Å². The Morgan fingerprint density at radius 3 is 2.91 bits per heavy atom. The minimum absolute atomic E-state index is 0.0639. The molecule has 1 saturated heterocycles. The highest BCUT2D eigenvalue weighted by molar-refractivity contribution is 6.30. The SMILES string of the molecule is COC[C@H]1CCN(C(=O)c2cn(Cc3ccc(Cl)cc3)nn2)C1. The van der Waals surface area contributed by atoms with Crippen molar-refractivity contribution in [3.63, 3.8) is 0 Å². The molecule has 1 aliphatic rings. The average molecular weight is 335 g/mol. The van der Waals surface area contributed by atoms with Gasteiger partial charge in [0.2, 0.25) is 0 Å². The highest BCUT2D eigenvalue weighted by Gasteiger charge is 2.28. The summed E-state index contributed by atoms with van der Waals surface area (Å²) in [6.45, 7) is 2.71. The zero-order valence-corrected chi connectivity index (χ0v) is 13.7. The number of hydrogen-bond donors (Lipinski definition) is 0. The molecule has 1 aromatic carbocycles. The van der Waals surface area contributed by atoms with E-state index in [1.54, 1.807) is 18.0 Å². The minimum Gasteiger partial charge on any atom is -0.384 e. The van der Waals surface area contributed by atoms with Gasteiger partial charge in [-0.3, -0.25) is 4.79 Å². The topological polar surface area (TPSA) is 60.2 Å². The van der Waals surface area contributed by atoms with Gasteiger partial charge < -0.3 is 9.64 Å². The first-order valence-corrected chi connectivity index (χ1v) is 7.96. The molecule has 0 saturated carbocycles. The Kier molecular flexibility index (Phi) is 4.93. The Bertz CT molecular complexity index is 671. The van der Waals surface area contributed by atoms with E-state index < -0.39 is 0 Å². The number of carbonyl (C=O) groups excluding carboxylic acids is 1. The molecule has 23 heavy (non-hydrogen) atoms. The molecule has 0 unspecified atom stereocenters. The number of aromatic nitrogens is 3. The van der Waals surface area contributed by atoms with Gasteiger partial charge in [-0.15, -0.1) is 5.10 Å². The van der Waals surface area contributed by atoms with E-state index in [4.69, 9.17) is 16.3 Å². The molecule has 1 atom stereocenters. The zero-order chi connectivity index (χ0) is 16.2. The van der Waals surface area contributed by atoms with Crippen molar-refractivity contribution in [1.82, 2.24) is 19.9 Å². The van der Waals surface area contributed by atoms with Gasteiger partial charge in [0.25, 0.3) is 5.91 Å². The largest absolute Gasteiger partial charge is 0.384 e. The molecule has 2 aromatic rings. The lowest BCUT2D eigenvalue weighted by Gasteiger charge is -2.14. The maximum absolute atomic E-state index is 12.5. The van der Waals surface area contributed by atoms with E-state index in [1.807, 2.05) is 29.2 Å². The lowest BCUT2D eigenvalue weighted by atomic mass is 10.1. The number of carbonyl (C=O) groups is 1. The summed E-state index contributed by atoms with van der Waals surface area (Å²) in [5, 5.41) is 8.75. The minimum atomic E-state index is -0.0639. The molecule has 0 spiro atoms. The maximum Gasteiger partial charge on any atom is 0.276 e. The van der Waals surface area contributed by atoms with Crippen molar-refractivity contribution < 1.29 is 9.53 Å². The first-order chi connectivity index (χ1) is 11.2. The molecule has 1 aromatic heterocycles. The molecule has 2 heterocycles. The maximum atomic E-state index is 12.5. The third-order valence-corrected chi connectivity index (χ3v) is 4.24. The molecule has 0 N–H and O–H groups in total. The van der Waals surface area contributed by atoms with Gasteiger partial charge in [0, 0.05) is 31.1 Å². The van der Waals surface area contributed by atoms with Gasteiger partial charge in [0.05, 0.1) is 19.3 Å². The van der Waals surface area contributed by atoms with Crippen LogP contribution in [-0.4, -0.2) is 52.6 Å². The van der Waals surface area contributed by atoms with Crippen molar-refractivity contribution in [3.05, 3.63) is 46.7 Å². The zero-order valence-electron chi connectivity index (χ0n) is 13.0. The molecule has 7 heteroatoms. The van der Waals surface area contributed by atoms with Crippen molar-refractivity contribution in [2.45, 2.75) is 13.0 Å². The lowest BCUT2D eigenvalue weighted by molar-refractivity contribution is 0.0769. The van der Waals surface area contributed by atoms with Crippen LogP contribution in [-0.2, 0) is 11.3 Å². The standard InChI is InChI=1S/C16H19ClN4O2/c1-23-11-13-6-7-20(8-13)16(22)15-10-21(19-18-15)9-12-2-4-14(17)5-3-12/h2-5,10,13H,6-9,11H2,1H3/t13-/m0/s1. The molecular formula is C16H19ClN4O2. The number of rotatable bonds is 5. The van der Waals surface area contributed by atoms with Crippen molar-refractivity contribution in [2.24, 2.45) is 5.92 Å². The fourth-order valence-electron chi connectivity index (χ4n) is 2.80. The van der Waals surface area contributed by atoms with Crippen LogP contribution in [0.15, 0.2) is 30.5 Å². The fraction of sp³-hybridized carbons (Fsp3) is 0.438. The molecule has 122 valence electrons. The van der Waals surface area contributed by atoms with Gasteiger partial charge in [-0.05, 0) is 24.1 Å². The summed E-state index contributed by atoms with van der Waals surface area (Å²) in [6.07, 6.45) is 2.67. The monoisotopic (exact) mass is 334 g/mol. The van der Waals surface area contributed by atoms with Crippen molar-refractivity contribution >= 4 is 17.5 Å². The Hall–Kier alpha value is -1.92. The van der Waals surface area contributed by atoms with Crippen LogP contribution < -0.4 is 0 Å². The lowest BCUT2D eigenvalue weighted by Crippen LogP contribution is -2.29. The summed E-state index contributed by atoms with van der Waals surface area (Å²) in [7, 11) is 1.69. The molecule has 1 amide bonds. The van der Waals surface area contributed by atoms with E-state index in [0.29, 0.717) is 29.8 Å². The molecule has 3 rings (SSSR count). The number of amides is 1. The van der Waals surface area contributed by atoms with Gasteiger partial charge >= 0.3 is 0 Å². The summed E-state index contributed by atoms with van der Waals surface area (Å²) in [6, 6.07) is 7.53. The van der Waals surface area contributed by atoms with E-state index in [9.17, 15) is 4.79 Å². The van der Waals surface area contributed by atoms with E-state index in [1.165, 1.54) is 0 Å². The number of likely N-dealkylation sites (tertiary alicyclic amines) is 1. The summed E-state index contributed by atoms with van der Waals surface area (Å²) >= 11 is 5.87. The molecule has 1 fully saturated rings. The number of ether oxygens (including phenoxy) is 1. The van der Waals surface area contributed by atoms with E-state index in [2.05, 4.69) is 10.3 Å². The second kappa shape index (κ2) is 7.10. The summed E-state index contributed by atoms with van der Waals surface area (Å²) in [5.41, 5.74) is 1.44. The number of benzene rings is 1. The number of nitrogens with zero attached hydrogens (tertiary/aromatic N) is 4. The molecule has 1 aliphatic heterocycles. The van der Waals surface area contributed by atoms with Crippen LogP contribution in [0.3, 0.4) is 0 Å². The molecular weight excluding hydrogens is 316 g/mol. The van der Waals surface area contributed by atoms with Gasteiger partial charge in [-0.25, -0.2) is 4.68 Å². The average Bonchev–Trinajstić information content (AvgIpc) is 3.19. The molecule has 6 nitrogen and oxygen atoms in total. The number of halogens is 1. The quantitative estimate of drug-likeness (QED) is 0.840.